The lowest BCUT2D eigenvalue weighted by Gasteiger charge is -2.13. The fourth-order valence-electron chi connectivity index (χ4n) is 4.93. The van der Waals surface area contributed by atoms with Gasteiger partial charge in [-0.25, -0.2) is 4.68 Å². The normalized spacial score (nSPS) is 14.6. The summed E-state index contributed by atoms with van der Waals surface area (Å²) >= 11 is 0. The van der Waals surface area contributed by atoms with Gasteiger partial charge in [-0.3, -0.25) is 0 Å². The van der Waals surface area contributed by atoms with Crippen molar-refractivity contribution >= 4 is 5.57 Å². The van der Waals surface area contributed by atoms with Crippen LogP contribution < -0.4 is 0 Å². The van der Waals surface area contributed by atoms with Crippen molar-refractivity contribution in [1.82, 2.24) is 9.78 Å². The van der Waals surface area contributed by atoms with Crippen LogP contribution >= 0.6 is 0 Å². The van der Waals surface area contributed by atoms with Gasteiger partial charge in [0.05, 0.1) is 11.4 Å². The highest BCUT2D eigenvalue weighted by Crippen LogP contribution is 2.41. The SMILES string of the molecule is Cc1ccc(-c2cc(CC3C=C(c4ccccc4)c4ccccc43)n(-c3ccccc3)n2)cc1. The zero-order valence-electron chi connectivity index (χ0n) is 19.2. The fourth-order valence-corrected chi connectivity index (χ4v) is 4.93. The summed E-state index contributed by atoms with van der Waals surface area (Å²) in [6, 6.07) is 40.9. The molecule has 0 fully saturated rings. The van der Waals surface area contributed by atoms with Gasteiger partial charge in [0.15, 0.2) is 0 Å². The van der Waals surface area contributed by atoms with Gasteiger partial charge in [0.25, 0.3) is 0 Å². The molecule has 0 radical (unpaired) electrons. The van der Waals surface area contributed by atoms with E-state index in [4.69, 9.17) is 5.10 Å². The molecule has 1 atom stereocenters. The maximum Gasteiger partial charge on any atom is 0.0930 e. The Kier molecular flexibility index (Phi) is 5.20. The van der Waals surface area contributed by atoms with E-state index in [0.29, 0.717) is 5.92 Å². The standard InChI is InChI=1S/C32H26N2/c1-23-16-18-25(19-17-23)32-22-28(34(33-32)27-12-6-3-7-13-27)20-26-21-31(24-10-4-2-5-11-24)30-15-9-8-14-29(26)30/h2-19,21-22,26H,20H2,1H3. The van der Waals surface area contributed by atoms with E-state index in [1.165, 1.54) is 33.5 Å². The molecule has 0 spiro atoms. The Morgan fingerprint density at radius 1 is 0.706 bits per heavy atom. The van der Waals surface area contributed by atoms with Gasteiger partial charge >= 0.3 is 0 Å². The molecule has 5 aromatic rings. The Labute approximate surface area is 200 Å². The average molecular weight is 439 g/mol. The average Bonchev–Trinajstić information content (AvgIpc) is 3.48. The Bertz CT molecular complexity index is 1460. The van der Waals surface area contributed by atoms with Gasteiger partial charge in [-0.1, -0.05) is 109 Å². The van der Waals surface area contributed by atoms with Crippen LogP contribution in [0.4, 0.5) is 0 Å². The maximum absolute atomic E-state index is 5.05. The molecule has 0 amide bonds. The van der Waals surface area contributed by atoms with Gasteiger partial charge in [0, 0.05) is 23.6 Å². The van der Waals surface area contributed by atoms with Crippen LogP contribution in [0.25, 0.3) is 22.5 Å². The van der Waals surface area contributed by atoms with Crippen LogP contribution in [0.1, 0.15) is 33.9 Å². The molecule has 1 unspecified atom stereocenters. The smallest absolute Gasteiger partial charge is 0.0930 e. The first-order valence-corrected chi connectivity index (χ1v) is 11.8. The molecule has 34 heavy (non-hydrogen) atoms. The van der Waals surface area contributed by atoms with E-state index in [2.05, 4.69) is 133 Å². The first-order valence-electron chi connectivity index (χ1n) is 11.8. The third-order valence-electron chi connectivity index (χ3n) is 6.66. The molecule has 2 heteroatoms. The van der Waals surface area contributed by atoms with Gasteiger partial charge in [0.1, 0.15) is 0 Å². The largest absolute Gasteiger partial charge is 0.237 e. The van der Waals surface area contributed by atoms with Crippen molar-refractivity contribution in [2.24, 2.45) is 0 Å². The number of hydrogen-bond acceptors (Lipinski definition) is 1. The van der Waals surface area contributed by atoms with Gasteiger partial charge in [-0.15, -0.1) is 0 Å². The second kappa shape index (κ2) is 8.64. The monoisotopic (exact) mass is 438 g/mol. The van der Waals surface area contributed by atoms with E-state index in [-0.39, 0.29) is 0 Å². The molecule has 6 rings (SSSR count). The number of nitrogens with zero attached hydrogens (tertiary/aromatic N) is 2. The highest BCUT2D eigenvalue weighted by Gasteiger charge is 2.25. The number of aromatic nitrogens is 2. The van der Waals surface area contributed by atoms with Crippen LogP contribution in [0.15, 0.2) is 121 Å². The van der Waals surface area contributed by atoms with E-state index in [0.717, 1.165) is 23.4 Å². The number of fused-ring (bicyclic) bond motifs is 1. The van der Waals surface area contributed by atoms with E-state index in [1.807, 2.05) is 0 Å². The molecule has 0 saturated heterocycles. The first kappa shape index (κ1) is 20.4. The predicted molar refractivity (Wildman–Crippen MR) is 140 cm³/mol. The lowest BCUT2D eigenvalue weighted by molar-refractivity contribution is 0.749. The van der Waals surface area contributed by atoms with Crippen molar-refractivity contribution in [3.63, 3.8) is 0 Å². The van der Waals surface area contributed by atoms with Gasteiger partial charge in [0.2, 0.25) is 0 Å². The highest BCUT2D eigenvalue weighted by molar-refractivity contribution is 5.85. The van der Waals surface area contributed by atoms with Crippen molar-refractivity contribution < 1.29 is 0 Å². The number of allylic oxidation sites excluding steroid dienone is 1. The lowest BCUT2D eigenvalue weighted by Crippen LogP contribution is -2.06. The predicted octanol–water partition coefficient (Wildman–Crippen LogP) is 7.62. The van der Waals surface area contributed by atoms with Gasteiger partial charge < -0.3 is 0 Å². The van der Waals surface area contributed by atoms with Crippen LogP contribution in [-0.4, -0.2) is 9.78 Å². The van der Waals surface area contributed by atoms with Crippen molar-refractivity contribution in [3.05, 3.63) is 149 Å². The van der Waals surface area contributed by atoms with E-state index >= 15 is 0 Å². The third-order valence-corrected chi connectivity index (χ3v) is 6.66. The number of rotatable bonds is 5. The molecule has 0 aliphatic heterocycles. The van der Waals surface area contributed by atoms with Crippen molar-refractivity contribution in [2.45, 2.75) is 19.3 Å². The van der Waals surface area contributed by atoms with Crippen molar-refractivity contribution in [3.8, 4) is 16.9 Å². The molecular weight excluding hydrogens is 412 g/mol. The Balaban J connectivity index is 1.43. The molecule has 0 saturated carbocycles. The zero-order valence-corrected chi connectivity index (χ0v) is 19.2. The summed E-state index contributed by atoms with van der Waals surface area (Å²) in [5.41, 5.74) is 11.0. The molecule has 164 valence electrons. The topological polar surface area (TPSA) is 17.8 Å². The van der Waals surface area contributed by atoms with Crippen LogP contribution in [0.3, 0.4) is 0 Å². The Morgan fingerprint density at radius 3 is 2.15 bits per heavy atom. The molecule has 0 N–H and O–H groups in total. The zero-order chi connectivity index (χ0) is 22.9. The number of aryl methyl sites for hydroxylation is 1. The van der Waals surface area contributed by atoms with E-state index in [9.17, 15) is 0 Å². The minimum atomic E-state index is 0.302. The molecule has 2 nitrogen and oxygen atoms in total. The molecule has 0 bridgehead atoms. The summed E-state index contributed by atoms with van der Waals surface area (Å²) in [4.78, 5) is 0. The van der Waals surface area contributed by atoms with Crippen LogP contribution in [0, 0.1) is 6.92 Å². The highest BCUT2D eigenvalue weighted by atomic mass is 15.3. The summed E-state index contributed by atoms with van der Waals surface area (Å²) in [5.74, 6) is 0.302. The molecule has 4 aromatic carbocycles. The Morgan fingerprint density at radius 2 is 1.38 bits per heavy atom. The van der Waals surface area contributed by atoms with Crippen molar-refractivity contribution in [1.29, 1.82) is 0 Å². The van der Waals surface area contributed by atoms with Crippen LogP contribution in [-0.2, 0) is 6.42 Å². The third kappa shape index (κ3) is 3.78. The van der Waals surface area contributed by atoms with Crippen molar-refractivity contribution in [2.75, 3.05) is 0 Å². The molecular formula is C32H26N2. The molecule has 1 heterocycles. The summed E-state index contributed by atoms with van der Waals surface area (Å²) in [6.07, 6.45) is 3.33. The first-order chi connectivity index (χ1) is 16.8. The second-order valence-electron chi connectivity index (χ2n) is 8.98. The molecule has 1 aliphatic carbocycles. The number of benzene rings is 4. The summed E-state index contributed by atoms with van der Waals surface area (Å²) in [7, 11) is 0. The maximum atomic E-state index is 5.05. The van der Waals surface area contributed by atoms with Crippen LogP contribution in [0.5, 0.6) is 0 Å². The summed E-state index contributed by atoms with van der Waals surface area (Å²) in [5, 5.41) is 5.05. The van der Waals surface area contributed by atoms with E-state index in [1.54, 1.807) is 0 Å². The van der Waals surface area contributed by atoms with Crippen LogP contribution in [0.2, 0.25) is 0 Å². The number of hydrogen-bond donors (Lipinski definition) is 0. The molecule has 1 aromatic heterocycles. The quantitative estimate of drug-likeness (QED) is 0.276. The summed E-state index contributed by atoms with van der Waals surface area (Å²) < 4.78 is 2.12. The second-order valence-corrected chi connectivity index (χ2v) is 8.98. The van der Waals surface area contributed by atoms with E-state index < -0.39 is 0 Å². The summed E-state index contributed by atoms with van der Waals surface area (Å²) in [6.45, 7) is 2.12. The lowest BCUT2D eigenvalue weighted by atomic mass is 9.95. The number of para-hydroxylation sites is 1. The minimum absolute atomic E-state index is 0.302. The molecule has 1 aliphatic rings. The van der Waals surface area contributed by atoms with Gasteiger partial charge in [-0.05, 0) is 47.4 Å². The fraction of sp³-hybridized carbons (Fsp3) is 0.0938. The minimum Gasteiger partial charge on any atom is -0.237 e. The van der Waals surface area contributed by atoms with Gasteiger partial charge in [-0.2, -0.15) is 5.10 Å². The Hall–Kier alpha value is -4.17.